The van der Waals surface area contributed by atoms with E-state index in [0.29, 0.717) is 6.04 Å². The maximum absolute atomic E-state index is 6.12. The fourth-order valence-electron chi connectivity index (χ4n) is 1.94. The third-order valence-corrected chi connectivity index (χ3v) is 3.09. The van der Waals surface area contributed by atoms with Crippen LogP contribution in [0.4, 0.5) is 0 Å². The van der Waals surface area contributed by atoms with Gasteiger partial charge in [-0.3, -0.25) is 0 Å². The number of ether oxygens (including phenoxy) is 1. The van der Waals surface area contributed by atoms with Crippen LogP contribution >= 0.6 is 0 Å². The molecule has 2 nitrogen and oxygen atoms in total. The van der Waals surface area contributed by atoms with Crippen LogP contribution in [0.25, 0.3) is 0 Å². The second-order valence-electron chi connectivity index (χ2n) is 5.08. The minimum Gasteiger partial charge on any atom is -0.496 e. The SMILES string of the molecule is COc1ccccc1CCC(N)CCC(C)C. The highest BCUT2D eigenvalue weighted by atomic mass is 16.5. The Morgan fingerprint density at radius 2 is 1.82 bits per heavy atom. The zero-order chi connectivity index (χ0) is 12.7. The Kier molecular flexibility index (Phi) is 6.06. The topological polar surface area (TPSA) is 35.2 Å². The molecule has 17 heavy (non-hydrogen) atoms. The van der Waals surface area contributed by atoms with Gasteiger partial charge in [0.15, 0.2) is 0 Å². The lowest BCUT2D eigenvalue weighted by Crippen LogP contribution is -2.21. The van der Waals surface area contributed by atoms with Gasteiger partial charge >= 0.3 is 0 Å². The summed E-state index contributed by atoms with van der Waals surface area (Å²) in [5.41, 5.74) is 7.38. The summed E-state index contributed by atoms with van der Waals surface area (Å²) in [6, 6.07) is 8.49. The van der Waals surface area contributed by atoms with Crippen LogP contribution in [0.1, 0.15) is 38.7 Å². The van der Waals surface area contributed by atoms with Crippen LogP contribution in [0.15, 0.2) is 24.3 Å². The predicted octanol–water partition coefficient (Wildman–Crippen LogP) is 3.39. The number of para-hydroxylation sites is 1. The summed E-state index contributed by atoms with van der Waals surface area (Å²) in [5, 5.41) is 0. The fraction of sp³-hybridized carbons (Fsp3) is 0.600. The van der Waals surface area contributed by atoms with Crippen LogP contribution in [0.2, 0.25) is 0 Å². The molecule has 96 valence electrons. The zero-order valence-corrected chi connectivity index (χ0v) is 11.3. The van der Waals surface area contributed by atoms with Gasteiger partial charge in [0.1, 0.15) is 5.75 Å². The number of benzene rings is 1. The first-order valence-electron chi connectivity index (χ1n) is 6.51. The number of aryl methyl sites for hydroxylation is 1. The van der Waals surface area contributed by atoms with E-state index in [-0.39, 0.29) is 0 Å². The lowest BCUT2D eigenvalue weighted by atomic mass is 9.98. The number of methoxy groups -OCH3 is 1. The smallest absolute Gasteiger partial charge is 0.122 e. The van der Waals surface area contributed by atoms with E-state index in [1.165, 1.54) is 12.0 Å². The number of hydrogen-bond donors (Lipinski definition) is 1. The van der Waals surface area contributed by atoms with E-state index in [1.54, 1.807) is 7.11 Å². The number of rotatable bonds is 7. The van der Waals surface area contributed by atoms with Gasteiger partial charge in [-0.25, -0.2) is 0 Å². The zero-order valence-electron chi connectivity index (χ0n) is 11.3. The van der Waals surface area contributed by atoms with Gasteiger partial charge in [0.2, 0.25) is 0 Å². The highest BCUT2D eigenvalue weighted by molar-refractivity contribution is 5.33. The molecule has 0 heterocycles. The molecule has 0 aliphatic rings. The summed E-state index contributed by atoms with van der Waals surface area (Å²) in [6.45, 7) is 4.49. The summed E-state index contributed by atoms with van der Waals surface area (Å²) in [7, 11) is 1.72. The molecule has 1 atom stereocenters. The first kappa shape index (κ1) is 14.0. The van der Waals surface area contributed by atoms with Crippen molar-refractivity contribution in [2.24, 2.45) is 11.7 Å². The Balaban J connectivity index is 2.39. The molecule has 0 saturated carbocycles. The Morgan fingerprint density at radius 3 is 2.47 bits per heavy atom. The van der Waals surface area contributed by atoms with Crippen LogP contribution in [-0.4, -0.2) is 13.2 Å². The van der Waals surface area contributed by atoms with Crippen molar-refractivity contribution in [1.29, 1.82) is 0 Å². The minimum atomic E-state index is 0.308. The van der Waals surface area contributed by atoms with Crippen LogP contribution in [0.5, 0.6) is 5.75 Å². The fourth-order valence-corrected chi connectivity index (χ4v) is 1.94. The molecule has 1 aromatic rings. The van der Waals surface area contributed by atoms with Gasteiger partial charge in [-0.1, -0.05) is 32.0 Å². The van der Waals surface area contributed by atoms with E-state index in [2.05, 4.69) is 26.0 Å². The van der Waals surface area contributed by atoms with Gasteiger partial charge in [-0.15, -0.1) is 0 Å². The van der Waals surface area contributed by atoms with Crippen molar-refractivity contribution in [3.8, 4) is 5.75 Å². The monoisotopic (exact) mass is 235 g/mol. The van der Waals surface area contributed by atoms with E-state index in [4.69, 9.17) is 10.5 Å². The lowest BCUT2D eigenvalue weighted by Gasteiger charge is -2.14. The Hall–Kier alpha value is -1.02. The van der Waals surface area contributed by atoms with Gasteiger partial charge < -0.3 is 10.5 Å². The van der Waals surface area contributed by atoms with Crippen molar-refractivity contribution in [2.75, 3.05) is 7.11 Å². The van der Waals surface area contributed by atoms with E-state index >= 15 is 0 Å². The predicted molar refractivity (Wildman–Crippen MR) is 73.4 cm³/mol. The molecule has 1 rings (SSSR count). The average molecular weight is 235 g/mol. The van der Waals surface area contributed by atoms with E-state index in [0.717, 1.165) is 30.9 Å². The standard InChI is InChI=1S/C15H25NO/c1-12(2)8-10-14(16)11-9-13-6-4-5-7-15(13)17-3/h4-7,12,14H,8-11,16H2,1-3H3. The highest BCUT2D eigenvalue weighted by Crippen LogP contribution is 2.20. The summed E-state index contributed by atoms with van der Waals surface area (Å²) in [6.07, 6.45) is 4.37. The molecule has 1 aromatic carbocycles. The summed E-state index contributed by atoms with van der Waals surface area (Å²) < 4.78 is 5.34. The Bertz CT molecular complexity index is 322. The van der Waals surface area contributed by atoms with Gasteiger partial charge in [0.25, 0.3) is 0 Å². The van der Waals surface area contributed by atoms with Crippen molar-refractivity contribution in [1.82, 2.24) is 0 Å². The number of hydrogen-bond acceptors (Lipinski definition) is 2. The summed E-state index contributed by atoms with van der Waals surface area (Å²) in [4.78, 5) is 0. The second-order valence-corrected chi connectivity index (χ2v) is 5.08. The third kappa shape index (κ3) is 5.22. The molecule has 0 spiro atoms. The molecular weight excluding hydrogens is 210 g/mol. The first-order chi connectivity index (χ1) is 8.13. The molecule has 0 fully saturated rings. The summed E-state index contributed by atoms with van der Waals surface area (Å²) in [5.74, 6) is 1.72. The maximum Gasteiger partial charge on any atom is 0.122 e. The molecule has 2 N–H and O–H groups in total. The van der Waals surface area contributed by atoms with E-state index < -0.39 is 0 Å². The molecule has 1 unspecified atom stereocenters. The summed E-state index contributed by atoms with van der Waals surface area (Å²) >= 11 is 0. The highest BCUT2D eigenvalue weighted by Gasteiger charge is 2.07. The van der Waals surface area contributed by atoms with Crippen molar-refractivity contribution >= 4 is 0 Å². The van der Waals surface area contributed by atoms with Gasteiger partial charge in [-0.2, -0.15) is 0 Å². The lowest BCUT2D eigenvalue weighted by molar-refractivity contribution is 0.407. The Morgan fingerprint density at radius 1 is 1.12 bits per heavy atom. The first-order valence-corrected chi connectivity index (χ1v) is 6.51. The average Bonchev–Trinajstić information content (AvgIpc) is 2.34. The second kappa shape index (κ2) is 7.33. The molecule has 0 aliphatic heterocycles. The molecule has 0 saturated heterocycles. The minimum absolute atomic E-state index is 0.308. The van der Waals surface area contributed by atoms with Crippen molar-refractivity contribution < 1.29 is 4.74 Å². The van der Waals surface area contributed by atoms with Crippen LogP contribution < -0.4 is 10.5 Å². The Labute approximate surface area is 105 Å². The van der Waals surface area contributed by atoms with Crippen LogP contribution in [0, 0.1) is 5.92 Å². The molecule has 0 amide bonds. The van der Waals surface area contributed by atoms with Crippen molar-refractivity contribution in [2.45, 2.75) is 45.6 Å². The number of nitrogens with two attached hydrogens (primary N) is 1. The molecule has 0 bridgehead atoms. The van der Waals surface area contributed by atoms with E-state index in [9.17, 15) is 0 Å². The molecule has 2 heteroatoms. The molecule has 0 aromatic heterocycles. The van der Waals surface area contributed by atoms with Crippen LogP contribution in [0.3, 0.4) is 0 Å². The van der Waals surface area contributed by atoms with Gasteiger partial charge in [-0.05, 0) is 43.2 Å². The molecular formula is C15H25NO. The quantitative estimate of drug-likeness (QED) is 0.786. The van der Waals surface area contributed by atoms with Gasteiger partial charge in [0.05, 0.1) is 7.11 Å². The van der Waals surface area contributed by atoms with Gasteiger partial charge in [0, 0.05) is 6.04 Å². The van der Waals surface area contributed by atoms with Crippen molar-refractivity contribution in [3.05, 3.63) is 29.8 Å². The normalized spacial score (nSPS) is 12.8. The van der Waals surface area contributed by atoms with Crippen molar-refractivity contribution in [3.63, 3.8) is 0 Å². The molecule has 0 radical (unpaired) electrons. The molecule has 0 aliphatic carbocycles. The van der Waals surface area contributed by atoms with E-state index in [1.807, 2.05) is 12.1 Å². The maximum atomic E-state index is 6.12. The van der Waals surface area contributed by atoms with Crippen LogP contribution in [-0.2, 0) is 6.42 Å². The third-order valence-electron chi connectivity index (χ3n) is 3.09. The largest absolute Gasteiger partial charge is 0.496 e.